The number of likely N-dealkylation sites (tertiary alicyclic amines) is 1. The molecular formula is C18H23N5O2. The quantitative estimate of drug-likeness (QED) is 0.838. The summed E-state index contributed by atoms with van der Waals surface area (Å²) in [7, 11) is 2.09. The van der Waals surface area contributed by atoms with Crippen molar-refractivity contribution in [3.63, 3.8) is 0 Å². The number of carbonyl (C=O) groups excluding carboxylic acids is 1. The Morgan fingerprint density at radius 2 is 1.88 bits per heavy atom. The van der Waals surface area contributed by atoms with E-state index in [1.807, 2.05) is 40.1 Å². The number of piperazine rings is 1. The Labute approximate surface area is 147 Å². The van der Waals surface area contributed by atoms with Crippen molar-refractivity contribution in [2.45, 2.75) is 18.9 Å². The van der Waals surface area contributed by atoms with E-state index in [0.29, 0.717) is 11.7 Å². The smallest absolute Gasteiger partial charge is 0.320 e. The molecule has 0 N–H and O–H groups in total. The average molecular weight is 341 g/mol. The monoisotopic (exact) mass is 341 g/mol. The van der Waals surface area contributed by atoms with Gasteiger partial charge in [-0.3, -0.25) is 0 Å². The molecule has 1 aromatic carbocycles. The summed E-state index contributed by atoms with van der Waals surface area (Å²) in [5.41, 5.74) is 0.924. The van der Waals surface area contributed by atoms with Gasteiger partial charge in [0.25, 0.3) is 0 Å². The molecule has 7 nitrogen and oxygen atoms in total. The molecule has 4 rings (SSSR count). The van der Waals surface area contributed by atoms with E-state index in [0.717, 1.165) is 51.1 Å². The zero-order chi connectivity index (χ0) is 17.2. The first-order valence-corrected chi connectivity index (χ1v) is 8.85. The first-order chi connectivity index (χ1) is 12.2. The van der Waals surface area contributed by atoms with Gasteiger partial charge in [-0.15, -0.1) is 0 Å². The van der Waals surface area contributed by atoms with Crippen molar-refractivity contribution in [2.75, 3.05) is 39.8 Å². The Balaban J connectivity index is 1.50. The second-order valence-corrected chi connectivity index (χ2v) is 6.75. The lowest BCUT2D eigenvalue weighted by atomic mass is 10.2. The Bertz CT molecular complexity index is 724. The van der Waals surface area contributed by atoms with Gasteiger partial charge in [-0.05, 0) is 19.9 Å². The number of amides is 2. The summed E-state index contributed by atoms with van der Waals surface area (Å²) in [5, 5.41) is 4.10. The normalized spacial score (nSPS) is 21.7. The summed E-state index contributed by atoms with van der Waals surface area (Å²) in [6.45, 7) is 4.14. The first kappa shape index (κ1) is 16.1. The minimum absolute atomic E-state index is 0.0926. The molecule has 0 bridgehead atoms. The van der Waals surface area contributed by atoms with Crippen LogP contribution < -0.4 is 0 Å². The highest BCUT2D eigenvalue weighted by atomic mass is 16.5. The lowest BCUT2D eigenvalue weighted by Gasteiger charge is -2.36. The first-order valence-electron chi connectivity index (χ1n) is 8.85. The van der Waals surface area contributed by atoms with Crippen LogP contribution in [0.2, 0.25) is 0 Å². The number of rotatable bonds is 2. The summed E-state index contributed by atoms with van der Waals surface area (Å²) in [5.74, 6) is 1.12. The molecule has 0 unspecified atom stereocenters. The second-order valence-electron chi connectivity index (χ2n) is 6.75. The lowest BCUT2D eigenvalue weighted by molar-refractivity contribution is 0.113. The maximum Gasteiger partial charge on any atom is 0.320 e. The maximum atomic E-state index is 12.9. The van der Waals surface area contributed by atoms with Gasteiger partial charge in [0, 0.05) is 38.3 Å². The SMILES string of the molecule is CN1CCN(C(=O)N2CCC[C@@H]2c2nc(-c3ccccc3)no2)CC1. The van der Waals surface area contributed by atoms with Crippen LogP contribution in [0.4, 0.5) is 4.79 Å². The van der Waals surface area contributed by atoms with Gasteiger partial charge in [-0.2, -0.15) is 4.98 Å². The van der Waals surface area contributed by atoms with Gasteiger partial charge in [0.2, 0.25) is 11.7 Å². The molecular weight excluding hydrogens is 318 g/mol. The van der Waals surface area contributed by atoms with Crippen molar-refractivity contribution in [1.29, 1.82) is 0 Å². The molecule has 132 valence electrons. The molecule has 0 radical (unpaired) electrons. The highest BCUT2D eigenvalue weighted by molar-refractivity contribution is 5.75. The molecule has 0 aliphatic carbocycles. The van der Waals surface area contributed by atoms with Crippen molar-refractivity contribution < 1.29 is 9.32 Å². The fraction of sp³-hybridized carbons (Fsp3) is 0.500. The van der Waals surface area contributed by atoms with Crippen molar-refractivity contribution in [3.05, 3.63) is 36.2 Å². The number of benzene rings is 1. The van der Waals surface area contributed by atoms with E-state index in [-0.39, 0.29) is 12.1 Å². The predicted molar refractivity (Wildman–Crippen MR) is 92.9 cm³/mol. The van der Waals surface area contributed by atoms with Gasteiger partial charge in [0.05, 0.1) is 0 Å². The lowest BCUT2D eigenvalue weighted by Crippen LogP contribution is -2.51. The van der Waals surface area contributed by atoms with Gasteiger partial charge < -0.3 is 19.2 Å². The van der Waals surface area contributed by atoms with E-state index in [9.17, 15) is 4.79 Å². The zero-order valence-corrected chi connectivity index (χ0v) is 14.5. The van der Waals surface area contributed by atoms with Crippen molar-refractivity contribution in [1.82, 2.24) is 24.8 Å². The summed E-state index contributed by atoms with van der Waals surface area (Å²) >= 11 is 0. The second kappa shape index (κ2) is 6.84. The predicted octanol–water partition coefficient (Wildman–Crippen LogP) is 2.24. The van der Waals surface area contributed by atoms with Gasteiger partial charge in [0.1, 0.15) is 6.04 Å². The molecule has 1 aromatic heterocycles. The Morgan fingerprint density at radius 1 is 1.12 bits per heavy atom. The number of aromatic nitrogens is 2. The number of nitrogens with zero attached hydrogens (tertiary/aromatic N) is 5. The van der Waals surface area contributed by atoms with Gasteiger partial charge in [-0.25, -0.2) is 4.79 Å². The fourth-order valence-corrected chi connectivity index (χ4v) is 3.51. The maximum absolute atomic E-state index is 12.9. The Morgan fingerprint density at radius 3 is 2.64 bits per heavy atom. The number of urea groups is 1. The minimum Gasteiger partial charge on any atom is -0.337 e. The third-order valence-electron chi connectivity index (χ3n) is 5.03. The Hall–Kier alpha value is -2.41. The van der Waals surface area contributed by atoms with Gasteiger partial charge in [-0.1, -0.05) is 35.5 Å². The highest BCUT2D eigenvalue weighted by Gasteiger charge is 2.36. The fourth-order valence-electron chi connectivity index (χ4n) is 3.51. The van der Waals surface area contributed by atoms with E-state index in [2.05, 4.69) is 22.1 Å². The van der Waals surface area contributed by atoms with E-state index in [4.69, 9.17) is 4.52 Å². The molecule has 2 fully saturated rings. The third-order valence-corrected chi connectivity index (χ3v) is 5.03. The molecule has 0 saturated carbocycles. The van der Waals surface area contributed by atoms with E-state index in [1.54, 1.807) is 0 Å². The van der Waals surface area contributed by atoms with E-state index in [1.165, 1.54) is 0 Å². The topological polar surface area (TPSA) is 65.7 Å². The van der Waals surface area contributed by atoms with Crippen LogP contribution in [0.3, 0.4) is 0 Å². The Kier molecular flexibility index (Phi) is 4.40. The molecule has 2 aliphatic rings. The molecule has 1 atom stereocenters. The number of carbonyl (C=O) groups is 1. The number of hydrogen-bond acceptors (Lipinski definition) is 5. The molecule has 2 saturated heterocycles. The standard InChI is InChI=1S/C18H23N5O2/c1-21-10-12-22(13-11-21)18(24)23-9-5-8-15(23)17-19-16(20-25-17)14-6-3-2-4-7-14/h2-4,6-7,15H,5,8-13H2,1H3/t15-/m1/s1. The van der Waals surface area contributed by atoms with Gasteiger partial charge >= 0.3 is 6.03 Å². The van der Waals surface area contributed by atoms with E-state index < -0.39 is 0 Å². The number of hydrogen-bond donors (Lipinski definition) is 0. The van der Waals surface area contributed by atoms with Crippen LogP contribution in [-0.4, -0.2) is 70.6 Å². The van der Waals surface area contributed by atoms with Crippen LogP contribution in [0.5, 0.6) is 0 Å². The number of likely N-dealkylation sites (N-methyl/N-ethyl adjacent to an activating group) is 1. The minimum atomic E-state index is -0.114. The molecule has 0 spiro atoms. The molecule has 25 heavy (non-hydrogen) atoms. The third kappa shape index (κ3) is 3.24. The van der Waals surface area contributed by atoms with Crippen LogP contribution in [0, 0.1) is 0 Å². The molecule has 2 amide bonds. The molecule has 2 aromatic rings. The summed E-state index contributed by atoms with van der Waals surface area (Å²) in [4.78, 5) is 23.5. The summed E-state index contributed by atoms with van der Waals surface area (Å²) in [6, 6.07) is 9.74. The largest absolute Gasteiger partial charge is 0.337 e. The van der Waals surface area contributed by atoms with Gasteiger partial charge in [0.15, 0.2) is 0 Å². The van der Waals surface area contributed by atoms with Crippen LogP contribution >= 0.6 is 0 Å². The highest BCUT2D eigenvalue weighted by Crippen LogP contribution is 2.33. The van der Waals surface area contributed by atoms with Crippen molar-refractivity contribution in [3.8, 4) is 11.4 Å². The van der Waals surface area contributed by atoms with Crippen LogP contribution in [-0.2, 0) is 0 Å². The van der Waals surface area contributed by atoms with Crippen LogP contribution in [0.25, 0.3) is 11.4 Å². The summed E-state index contributed by atoms with van der Waals surface area (Å²) < 4.78 is 5.51. The zero-order valence-electron chi connectivity index (χ0n) is 14.5. The molecule has 7 heteroatoms. The average Bonchev–Trinajstić information content (AvgIpc) is 3.32. The van der Waals surface area contributed by atoms with Crippen molar-refractivity contribution >= 4 is 6.03 Å². The van der Waals surface area contributed by atoms with Crippen LogP contribution in [0.15, 0.2) is 34.9 Å². The van der Waals surface area contributed by atoms with Crippen molar-refractivity contribution in [2.24, 2.45) is 0 Å². The van der Waals surface area contributed by atoms with E-state index >= 15 is 0 Å². The summed E-state index contributed by atoms with van der Waals surface area (Å²) in [6.07, 6.45) is 1.84. The van der Waals surface area contributed by atoms with Crippen LogP contribution in [0.1, 0.15) is 24.8 Å². The molecule has 3 heterocycles. The molecule has 2 aliphatic heterocycles.